The van der Waals surface area contributed by atoms with Crippen molar-refractivity contribution < 1.29 is 9.47 Å². The number of hydrogen-bond acceptors (Lipinski definition) is 3. The van der Waals surface area contributed by atoms with E-state index >= 15 is 0 Å². The predicted octanol–water partition coefficient (Wildman–Crippen LogP) is 1.74. The summed E-state index contributed by atoms with van der Waals surface area (Å²) < 4.78 is 11.1. The van der Waals surface area contributed by atoms with Crippen molar-refractivity contribution in [2.24, 2.45) is 11.1 Å². The fraction of sp³-hybridized carbons (Fsp3) is 0.538. The second-order valence-electron chi connectivity index (χ2n) is 4.86. The first-order valence-electron chi connectivity index (χ1n) is 5.90. The lowest BCUT2D eigenvalue weighted by molar-refractivity contribution is 0.171. The van der Waals surface area contributed by atoms with Crippen LogP contribution >= 0.6 is 0 Å². The van der Waals surface area contributed by atoms with Crippen LogP contribution in [0.4, 0.5) is 0 Å². The van der Waals surface area contributed by atoms with Crippen LogP contribution in [0.25, 0.3) is 0 Å². The monoisotopic (exact) mass is 219 g/mol. The fourth-order valence-electron chi connectivity index (χ4n) is 2.26. The molecule has 1 heterocycles. The molecule has 0 unspecified atom stereocenters. The maximum absolute atomic E-state index is 5.80. The first-order chi connectivity index (χ1) is 7.81. The summed E-state index contributed by atoms with van der Waals surface area (Å²) in [5.41, 5.74) is 7.49. The summed E-state index contributed by atoms with van der Waals surface area (Å²) in [7, 11) is 0. The van der Waals surface area contributed by atoms with Crippen LogP contribution < -0.4 is 15.2 Å². The molecule has 0 bridgehead atoms. The van der Waals surface area contributed by atoms with E-state index in [-0.39, 0.29) is 0 Å². The van der Waals surface area contributed by atoms with Gasteiger partial charge in [0.2, 0.25) is 0 Å². The highest BCUT2D eigenvalue weighted by atomic mass is 16.6. The quantitative estimate of drug-likeness (QED) is 0.842. The Labute approximate surface area is 95.5 Å². The number of fused-ring (bicyclic) bond motifs is 1. The molecule has 0 aromatic heterocycles. The Balaban J connectivity index is 1.80. The molecule has 1 aliphatic carbocycles. The van der Waals surface area contributed by atoms with Crippen molar-refractivity contribution in [1.82, 2.24) is 0 Å². The summed E-state index contributed by atoms with van der Waals surface area (Å²) in [5, 5.41) is 0. The lowest BCUT2D eigenvalue weighted by atomic mass is 9.96. The molecule has 0 spiro atoms. The Bertz CT molecular complexity index is 399. The number of ether oxygens (including phenoxy) is 2. The molecule has 16 heavy (non-hydrogen) atoms. The minimum atomic E-state index is 0.379. The van der Waals surface area contributed by atoms with Crippen LogP contribution in [0.2, 0.25) is 0 Å². The topological polar surface area (TPSA) is 44.5 Å². The van der Waals surface area contributed by atoms with Gasteiger partial charge in [0.25, 0.3) is 0 Å². The third-order valence-electron chi connectivity index (χ3n) is 3.58. The molecule has 3 nitrogen and oxygen atoms in total. The molecule has 3 heteroatoms. The van der Waals surface area contributed by atoms with Crippen LogP contribution in [0.15, 0.2) is 18.2 Å². The molecule has 3 rings (SSSR count). The van der Waals surface area contributed by atoms with Gasteiger partial charge in [-0.25, -0.2) is 0 Å². The van der Waals surface area contributed by atoms with E-state index in [0.29, 0.717) is 18.6 Å². The Kier molecular flexibility index (Phi) is 2.28. The van der Waals surface area contributed by atoms with Gasteiger partial charge in [-0.05, 0) is 48.9 Å². The van der Waals surface area contributed by atoms with Crippen LogP contribution in [-0.4, -0.2) is 19.8 Å². The molecule has 2 N–H and O–H groups in total. The van der Waals surface area contributed by atoms with Crippen LogP contribution in [0.1, 0.15) is 18.4 Å². The van der Waals surface area contributed by atoms with E-state index in [1.54, 1.807) is 0 Å². The molecule has 0 atom stereocenters. The van der Waals surface area contributed by atoms with Gasteiger partial charge in [-0.15, -0.1) is 0 Å². The summed E-state index contributed by atoms with van der Waals surface area (Å²) in [6.45, 7) is 2.10. The number of nitrogens with two attached hydrogens (primary N) is 1. The maximum Gasteiger partial charge on any atom is 0.161 e. The van der Waals surface area contributed by atoms with Crippen LogP contribution in [0, 0.1) is 5.41 Å². The zero-order chi connectivity index (χ0) is 11.0. The number of hydrogen-bond donors (Lipinski definition) is 1. The zero-order valence-corrected chi connectivity index (χ0v) is 9.37. The van der Waals surface area contributed by atoms with E-state index < -0.39 is 0 Å². The highest BCUT2D eigenvalue weighted by Crippen LogP contribution is 2.48. The highest BCUT2D eigenvalue weighted by molar-refractivity contribution is 5.44. The Morgan fingerprint density at radius 1 is 1.12 bits per heavy atom. The number of benzene rings is 1. The average molecular weight is 219 g/mol. The minimum absolute atomic E-state index is 0.379. The minimum Gasteiger partial charge on any atom is -0.486 e. The van der Waals surface area contributed by atoms with Gasteiger partial charge in [-0.1, -0.05) is 6.07 Å². The summed E-state index contributed by atoms with van der Waals surface area (Å²) in [6, 6.07) is 6.24. The summed E-state index contributed by atoms with van der Waals surface area (Å²) in [4.78, 5) is 0. The molecule has 0 radical (unpaired) electrons. The second kappa shape index (κ2) is 3.67. The number of rotatable bonds is 3. The lowest BCUT2D eigenvalue weighted by Gasteiger charge is -2.20. The first kappa shape index (κ1) is 9.97. The predicted molar refractivity (Wildman–Crippen MR) is 61.9 cm³/mol. The van der Waals surface area contributed by atoms with E-state index in [0.717, 1.165) is 24.5 Å². The van der Waals surface area contributed by atoms with Crippen LogP contribution in [0.5, 0.6) is 11.5 Å². The van der Waals surface area contributed by atoms with Crippen LogP contribution in [-0.2, 0) is 6.42 Å². The Morgan fingerprint density at radius 3 is 2.56 bits per heavy atom. The van der Waals surface area contributed by atoms with Crippen molar-refractivity contribution in [3.05, 3.63) is 23.8 Å². The Morgan fingerprint density at radius 2 is 1.88 bits per heavy atom. The molecule has 1 aromatic rings. The highest BCUT2D eigenvalue weighted by Gasteiger charge is 2.41. The van der Waals surface area contributed by atoms with Gasteiger partial charge in [0.1, 0.15) is 13.2 Å². The molecule has 1 saturated carbocycles. The first-order valence-corrected chi connectivity index (χ1v) is 5.90. The molecule has 0 amide bonds. The van der Waals surface area contributed by atoms with Crippen molar-refractivity contribution in [3.63, 3.8) is 0 Å². The summed E-state index contributed by atoms with van der Waals surface area (Å²) in [6.07, 6.45) is 3.59. The zero-order valence-electron chi connectivity index (χ0n) is 9.37. The van der Waals surface area contributed by atoms with E-state index in [4.69, 9.17) is 15.2 Å². The Hall–Kier alpha value is -1.22. The maximum atomic E-state index is 5.80. The molecule has 86 valence electrons. The van der Waals surface area contributed by atoms with Gasteiger partial charge in [0, 0.05) is 0 Å². The van der Waals surface area contributed by atoms with E-state index in [9.17, 15) is 0 Å². The normalized spacial score (nSPS) is 20.6. The van der Waals surface area contributed by atoms with Gasteiger partial charge in [0.15, 0.2) is 11.5 Å². The third kappa shape index (κ3) is 1.76. The van der Waals surface area contributed by atoms with E-state index in [1.165, 1.54) is 18.4 Å². The van der Waals surface area contributed by atoms with Crippen molar-refractivity contribution in [3.8, 4) is 11.5 Å². The van der Waals surface area contributed by atoms with Crippen molar-refractivity contribution >= 4 is 0 Å². The van der Waals surface area contributed by atoms with E-state index in [2.05, 4.69) is 12.1 Å². The largest absolute Gasteiger partial charge is 0.486 e. The van der Waals surface area contributed by atoms with Gasteiger partial charge < -0.3 is 15.2 Å². The standard InChI is InChI=1S/C13H17NO2/c14-9-13(3-4-13)8-10-1-2-11-12(7-10)16-6-5-15-11/h1-2,7H,3-6,8-9,14H2. The molecule has 1 aliphatic heterocycles. The smallest absolute Gasteiger partial charge is 0.161 e. The van der Waals surface area contributed by atoms with Gasteiger partial charge in [-0.2, -0.15) is 0 Å². The fourth-order valence-corrected chi connectivity index (χ4v) is 2.26. The molecule has 0 saturated heterocycles. The average Bonchev–Trinajstić information content (AvgIpc) is 3.09. The molecule has 1 fully saturated rings. The summed E-state index contributed by atoms with van der Waals surface area (Å²) in [5.74, 6) is 1.75. The van der Waals surface area contributed by atoms with E-state index in [1.807, 2.05) is 6.07 Å². The molecule has 2 aliphatic rings. The summed E-state index contributed by atoms with van der Waals surface area (Å²) >= 11 is 0. The third-order valence-corrected chi connectivity index (χ3v) is 3.58. The molecular weight excluding hydrogens is 202 g/mol. The van der Waals surface area contributed by atoms with Gasteiger partial charge in [-0.3, -0.25) is 0 Å². The molecular formula is C13H17NO2. The molecule has 1 aromatic carbocycles. The van der Waals surface area contributed by atoms with Crippen molar-refractivity contribution in [2.75, 3.05) is 19.8 Å². The second-order valence-corrected chi connectivity index (χ2v) is 4.86. The van der Waals surface area contributed by atoms with Gasteiger partial charge in [0.05, 0.1) is 0 Å². The van der Waals surface area contributed by atoms with Crippen molar-refractivity contribution in [1.29, 1.82) is 0 Å². The van der Waals surface area contributed by atoms with Crippen molar-refractivity contribution in [2.45, 2.75) is 19.3 Å². The van der Waals surface area contributed by atoms with Crippen LogP contribution in [0.3, 0.4) is 0 Å². The SMILES string of the molecule is NCC1(Cc2ccc3c(c2)OCCO3)CC1. The lowest BCUT2D eigenvalue weighted by Crippen LogP contribution is -2.19. The van der Waals surface area contributed by atoms with Gasteiger partial charge >= 0.3 is 0 Å².